The third-order valence-electron chi connectivity index (χ3n) is 10.5. The summed E-state index contributed by atoms with van der Waals surface area (Å²) >= 11 is 0. The first-order chi connectivity index (χ1) is 33.9. The van der Waals surface area contributed by atoms with Gasteiger partial charge in [-0.25, -0.2) is 0 Å². The molecule has 69 heavy (non-hydrogen) atoms. The molecule has 2 N–H and O–H groups in total. The van der Waals surface area contributed by atoms with Gasteiger partial charge in [-0.15, -0.1) is 0 Å². The normalized spacial score (nSPS) is 15.7. The molecule has 5 rings (SSSR count). The molecule has 1 unspecified atom stereocenters. The van der Waals surface area contributed by atoms with E-state index in [0.29, 0.717) is 175 Å². The largest absolute Gasteiger partial charge is 0.382 e. The predicted molar refractivity (Wildman–Crippen MR) is 243 cm³/mol. The summed E-state index contributed by atoms with van der Waals surface area (Å²) in [6, 6.07) is 10.7. The van der Waals surface area contributed by atoms with Gasteiger partial charge < -0.3 is 62.2 Å². The van der Waals surface area contributed by atoms with Crippen molar-refractivity contribution in [2.24, 2.45) is 0 Å². The van der Waals surface area contributed by atoms with E-state index in [0.717, 1.165) is 4.90 Å². The highest BCUT2D eigenvalue weighted by molar-refractivity contribution is 6.25. The molecule has 1 saturated heterocycles. The minimum atomic E-state index is -1.02. The number of amides is 6. The van der Waals surface area contributed by atoms with Crippen LogP contribution in [-0.4, -0.2) is 223 Å². The van der Waals surface area contributed by atoms with Crippen molar-refractivity contribution in [3.8, 4) is 0 Å². The van der Waals surface area contributed by atoms with Gasteiger partial charge in [-0.05, 0) is 30.7 Å². The average molecular weight is 975 g/mol. The maximum Gasteiger partial charge on any atom is 0.264 e. The number of imide groups is 3. The third-order valence-corrected chi connectivity index (χ3v) is 10.5. The molecule has 22 heteroatoms. The molecule has 0 aromatic heterocycles. The first-order valence-corrected chi connectivity index (χ1v) is 23.3. The monoisotopic (exact) mass is 974 g/mol. The van der Waals surface area contributed by atoms with Crippen molar-refractivity contribution in [1.29, 1.82) is 0 Å². The zero-order valence-electron chi connectivity index (χ0n) is 39.2. The molecule has 0 radical (unpaired) electrons. The zero-order chi connectivity index (χ0) is 48.7. The molecule has 3 aliphatic rings. The number of rotatable bonds is 41. The standard InChI is InChI=1S/C47H66N4O18/c52-41-9-8-40(43(53)49-41)51-46(56)38-6-3-7-39(42(38)47(51)57)48-10-12-58-14-16-60-18-20-62-22-24-64-26-28-66-30-32-68-34-35-69-33-31-67-29-27-65-25-23-63-21-19-61-17-15-59-13-11-50-44(54)36-4-1-2-5-37(36)45(50)55/h1-7,40,48H,8-35H2,(H,49,52,53). The molecule has 0 aliphatic carbocycles. The highest BCUT2D eigenvalue weighted by Crippen LogP contribution is 2.32. The van der Waals surface area contributed by atoms with Crippen LogP contribution in [-0.2, 0) is 66.4 Å². The van der Waals surface area contributed by atoms with Crippen molar-refractivity contribution >= 4 is 41.1 Å². The topological polar surface area (TPSA) is 244 Å². The van der Waals surface area contributed by atoms with Gasteiger partial charge >= 0.3 is 0 Å². The van der Waals surface area contributed by atoms with Crippen LogP contribution in [0.25, 0.3) is 0 Å². The summed E-state index contributed by atoms with van der Waals surface area (Å²) in [5.41, 5.74) is 1.75. The fourth-order valence-corrected chi connectivity index (χ4v) is 7.04. The molecule has 0 bridgehead atoms. The highest BCUT2D eigenvalue weighted by Gasteiger charge is 2.45. The van der Waals surface area contributed by atoms with Crippen molar-refractivity contribution in [2.45, 2.75) is 18.9 Å². The van der Waals surface area contributed by atoms with Gasteiger partial charge in [0.05, 0.1) is 187 Å². The summed E-state index contributed by atoms with van der Waals surface area (Å²) in [6.07, 6.45) is 0.156. The van der Waals surface area contributed by atoms with Gasteiger partial charge in [-0.3, -0.25) is 43.9 Å². The maximum atomic E-state index is 13.2. The van der Waals surface area contributed by atoms with Crippen molar-refractivity contribution in [3.63, 3.8) is 0 Å². The van der Waals surface area contributed by atoms with Crippen LogP contribution in [0.15, 0.2) is 42.5 Å². The summed E-state index contributed by atoms with van der Waals surface area (Å²) in [7, 11) is 0. The van der Waals surface area contributed by atoms with Gasteiger partial charge in [-0.1, -0.05) is 18.2 Å². The molecular formula is C47H66N4O18. The number of carbonyl (C=O) groups is 6. The number of nitrogens with one attached hydrogen (secondary N) is 2. The van der Waals surface area contributed by atoms with Gasteiger partial charge in [0.15, 0.2) is 0 Å². The van der Waals surface area contributed by atoms with E-state index in [9.17, 15) is 28.8 Å². The number of carbonyl (C=O) groups excluding carboxylic acids is 6. The Morgan fingerprint density at radius 3 is 1.22 bits per heavy atom. The number of anilines is 1. The van der Waals surface area contributed by atoms with E-state index in [1.807, 2.05) is 0 Å². The highest BCUT2D eigenvalue weighted by atomic mass is 16.6. The van der Waals surface area contributed by atoms with Crippen LogP contribution in [0.2, 0.25) is 0 Å². The lowest BCUT2D eigenvalue weighted by atomic mass is 10.0. The Morgan fingerprint density at radius 1 is 0.435 bits per heavy atom. The van der Waals surface area contributed by atoms with Crippen molar-refractivity contribution < 1.29 is 85.6 Å². The Labute approximate surface area is 401 Å². The summed E-state index contributed by atoms with van der Waals surface area (Å²) in [5, 5.41) is 5.33. The molecule has 3 aliphatic heterocycles. The molecule has 1 fully saturated rings. The lowest BCUT2D eigenvalue weighted by Crippen LogP contribution is -2.54. The summed E-state index contributed by atoms with van der Waals surface area (Å²) < 4.78 is 66.1. The number of hydrogen-bond acceptors (Lipinski definition) is 19. The van der Waals surface area contributed by atoms with E-state index in [1.54, 1.807) is 42.5 Å². The molecule has 2 aromatic carbocycles. The number of benzene rings is 2. The Morgan fingerprint density at radius 2 is 0.812 bits per heavy atom. The molecule has 382 valence electrons. The van der Waals surface area contributed by atoms with Gasteiger partial charge in [0, 0.05) is 18.7 Å². The third kappa shape index (κ3) is 19.1. The maximum absolute atomic E-state index is 13.2. The van der Waals surface area contributed by atoms with E-state index in [-0.39, 0.29) is 48.9 Å². The van der Waals surface area contributed by atoms with Crippen LogP contribution in [0.4, 0.5) is 5.69 Å². The van der Waals surface area contributed by atoms with E-state index in [2.05, 4.69) is 10.6 Å². The second kappa shape index (κ2) is 32.9. The first-order valence-electron chi connectivity index (χ1n) is 23.3. The second-order valence-electron chi connectivity index (χ2n) is 15.3. The minimum absolute atomic E-state index is 0.0591. The van der Waals surface area contributed by atoms with Crippen LogP contribution in [0.1, 0.15) is 54.3 Å². The predicted octanol–water partition coefficient (Wildman–Crippen LogP) is 0.995. The summed E-state index contributed by atoms with van der Waals surface area (Å²) in [5.74, 6) is -2.77. The fourth-order valence-electron chi connectivity index (χ4n) is 7.04. The summed E-state index contributed by atoms with van der Waals surface area (Å²) in [4.78, 5) is 76.8. The number of hydrogen-bond donors (Lipinski definition) is 2. The molecule has 0 saturated carbocycles. The van der Waals surface area contributed by atoms with Crippen LogP contribution in [0, 0.1) is 0 Å². The lowest BCUT2D eigenvalue weighted by Gasteiger charge is -2.27. The number of nitrogens with zero attached hydrogens (tertiary/aromatic N) is 2. The van der Waals surface area contributed by atoms with Gasteiger partial charge in [-0.2, -0.15) is 0 Å². The number of fused-ring (bicyclic) bond motifs is 2. The molecule has 1 atom stereocenters. The van der Waals surface area contributed by atoms with E-state index in [4.69, 9.17) is 56.8 Å². The number of ether oxygens (including phenoxy) is 12. The zero-order valence-corrected chi connectivity index (χ0v) is 39.2. The Hall–Kier alpha value is -4.82. The SMILES string of the molecule is O=C1CCC(N2C(=O)c3cccc(NCCOCCOCCOCCOCCOCCOCCOCCOCCOCCOCCOCCOCCN4C(=O)c5ccccc5C4=O)c3C2=O)C(=O)N1. The second-order valence-corrected chi connectivity index (χ2v) is 15.3. The van der Waals surface area contributed by atoms with E-state index in [1.165, 1.54) is 4.90 Å². The van der Waals surface area contributed by atoms with Gasteiger partial charge in [0.2, 0.25) is 11.8 Å². The summed E-state index contributed by atoms with van der Waals surface area (Å²) in [6.45, 7) is 10.6. The molecule has 2 aromatic rings. The van der Waals surface area contributed by atoms with E-state index >= 15 is 0 Å². The molecule has 0 spiro atoms. The van der Waals surface area contributed by atoms with Gasteiger partial charge in [0.25, 0.3) is 23.6 Å². The minimum Gasteiger partial charge on any atom is -0.382 e. The van der Waals surface area contributed by atoms with Crippen molar-refractivity contribution in [2.75, 3.05) is 177 Å². The van der Waals surface area contributed by atoms with E-state index < -0.39 is 29.7 Å². The van der Waals surface area contributed by atoms with Gasteiger partial charge in [0.1, 0.15) is 6.04 Å². The smallest absolute Gasteiger partial charge is 0.264 e. The Bertz CT molecular complexity index is 1870. The Kier molecular flexibility index (Phi) is 26.3. The lowest BCUT2D eigenvalue weighted by molar-refractivity contribution is -0.136. The first kappa shape index (κ1) is 55.1. The quantitative estimate of drug-likeness (QED) is 0.0697. The van der Waals surface area contributed by atoms with Crippen LogP contribution >= 0.6 is 0 Å². The molecule has 6 amide bonds. The molecule has 3 heterocycles. The molecule has 22 nitrogen and oxygen atoms in total. The van der Waals surface area contributed by atoms with Crippen LogP contribution in [0.3, 0.4) is 0 Å². The van der Waals surface area contributed by atoms with Crippen LogP contribution in [0.5, 0.6) is 0 Å². The van der Waals surface area contributed by atoms with Crippen molar-refractivity contribution in [3.05, 3.63) is 64.7 Å². The van der Waals surface area contributed by atoms with Crippen LogP contribution < -0.4 is 10.6 Å². The number of piperidine rings is 1. The Balaban J connectivity index is 0.674. The van der Waals surface area contributed by atoms with Crippen molar-refractivity contribution in [1.82, 2.24) is 15.1 Å². The fraction of sp³-hybridized carbons (Fsp3) is 0.617. The average Bonchev–Trinajstić information content (AvgIpc) is 3.75. The molecular weight excluding hydrogens is 909 g/mol.